The standard InChI is InChI=1S/C13H22N4O2/c1-3-7-14-13(18)17-8-6-11(9-17)4-5-12-15-10(2)19-16-12/h11H,3-9H2,1-2H3,(H,14,18). The third-order valence-electron chi connectivity index (χ3n) is 3.45. The van der Waals surface area contributed by atoms with Crippen LogP contribution in [0, 0.1) is 12.8 Å². The number of amides is 2. The minimum absolute atomic E-state index is 0.0692. The lowest BCUT2D eigenvalue weighted by atomic mass is 10.0. The molecule has 2 amide bonds. The van der Waals surface area contributed by atoms with E-state index in [4.69, 9.17) is 4.52 Å². The summed E-state index contributed by atoms with van der Waals surface area (Å²) in [4.78, 5) is 17.9. The zero-order valence-corrected chi connectivity index (χ0v) is 11.7. The number of likely N-dealkylation sites (tertiary alicyclic amines) is 1. The van der Waals surface area contributed by atoms with E-state index in [1.165, 1.54) is 0 Å². The first-order chi connectivity index (χ1) is 9.19. The van der Waals surface area contributed by atoms with E-state index >= 15 is 0 Å². The van der Waals surface area contributed by atoms with E-state index in [1.54, 1.807) is 6.92 Å². The van der Waals surface area contributed by atoms with Crippen LogP contribution in [0.2, 0.25) is 0 Å². The third-order valence-corrected chi connectivity index (χ3v) is 3.45. The molecule has 1 aliphatic rings. The van der Waals surface area contributed by atoms with E-state index in [0.717, 1.165) is 51.1 Å². The summed E-state index contributed by atoms with van der Waals surface area (Å²) in [6.45, 7) is 6.30. The van der Waals surface area contributed by atoms with Crippen LogP contribution in [0.3, 0.4) is 0 Å². The van der Waals surface area contributed by atoms with Crippen LogP contribution in [0.15, 0.2) is 4.52 Å². The Kier molecular flexibility index (Phi) is 4.76. The van der Waals surface area contributed by atoms with E-state index in [-0.39, 0.29) is 6.03 Å². The summed E-state index contributed by atoms with van der Waals surface area (Å²) in [7, 11) is 0. The van der Waals surface area contributed by atoms with Crippen LogP contribution in [0.1, 0.15) is 37.9 Å². The van der Waals surface area contributed by atoms with Crippen molar-refractivity contribution < 1.29 is 9.32 Å². The molecule has 6 heteroatoms. The van der Waals surface area contributed by atoms with Crippen molar-refractivity contribution in [3.8, 4) is 0 Å². The van der Waals surface area contributed by atoms with Gasteiger partial charge >= 0.3 is 6.03 Å². The Bertz CT molecular complexity index is 419. The van der Waals surface area contributed by atoms with Crippen molar-refractivity contribution in [3.05, 3.63) is 11.7 Å². The Morgan fingerprint density at radius 3 is 3.11 bits per heavy atom. The van der Waals surface area contributed by atoms with Crippen molar-refractivity contribution in [1.29, 1.82) is 0 Å². The lowest BCUT2D eigenvalue weighted by Crippen LogP contribution is -2.38. The van der Waals surface area contributed by atoms with Gasteiger partial charge in [-0.2, -0.15) is 4.98 Å². The largest absolute Gasteiger partial charge is 0.340 e. The molecule has 1 aliphatic heterocycles. The monoisotopic (exact) mass is 266 g/mol. The molecule has 0 spiro atoms. The average molecular weight is 266 g/mol. The Morgan fingerprint density at radius 1 is 1.58 bits per heavy atom. The summed E-state index contributed by atoms with van der Waals surface area (Å²) < 4.78 is 4.95. The zero-order chi connectivity index (χ0) is 13.7. The predicted molar refractivity (Wildman–Crippen MR) is 70.7 cm³/mol. The summed E-state index contributed by atoms with van der Waals surface area (Å²) in [6, 6.07) is 0.0692. The van der Waals surface area contributed by atoms with Crippen LogP contribution in [-0.2, 0) is 6.42 Å². The maximum Gasteiger partial charge on any atom is 0.317 e. The summed E-state index contributed by atoms with van der Waals surface area (Å²) in [6.07, 6.45) is 3.87. The van der Waals surface area contributed by atoms with E-state index in [1.807, 2.05) is 4.90 Å². The van der Waals surface area contributed by atoms with Gasteiger partial charge in [-0.15, -0.1) is 0 Å². The normalized spacial score (nSPS) is 18.8. The molecule has 2 rings (SSSR count). The number of aromatic nitrogens is 2. The van der Waals surface area contributed by atoms with Crippen molar-refractivity contribution in [3.63, 3.8) is 0 Å². The fraction of sp³-hybridized carbons (Fsp3) is 0.769. The maximum absolute atomic E-state index is 11.8. The van der Waals surface area contributed by atoms with E-state index in [2.05, 4.69) is 22.4 Å². The molecule has 106 valence electrons. The molecule has 0 radical (unpaired) electrons. The van der Waals surface area contributed by atoms with Crippen LogP contribution in [-0.4, -0.2) is 40.7 Å². The molecular formula is C13H22N4O2. The number of nitrogens with one attached hydrogen (secondary N) is 1. The third kappa shape index (κ3) is 3.94. The molecule has 2 heterocycles. The summed E-state index contributed by atoms with van der Waals surface area (Å²) in [5.74, 6) is 1.93. The van der Waals surface area contributed by atoms with Gasteiger partial charge < -0.3 is 14.7 Å². The molecule has 0 bridgehead atoms. The second kappa shape index (κ2) is 6.54. The Labute approximate surface area is 113 Å². The van der Waals surface area contributed by atoms with Gasteiger partial charge in [-0.25, -0.2) is 4.79 Å². The highest BCUT2D eigenvalue weighted by atomic mass is 16.5. The molecule has 0 saturated carbocycles. The molecule has 1 aromatic heterocycles. The number of urea groups is 1. The predicted octanol–water partition coefficient (Wildman–Crippen LogP) is 1.75. The van der Waals surface area contributed by atoms with Crippen molar-refractivity contribution >= 4 is 6.03 Å². The molecule has 1 atom stereocenters. The minimum Gasteiger partial charge on any atom is -0.340 e. The van der Waals surface area contributed by atoms with Crippen LogP contribution in [0.5, 0.6) is 0 Å². The Hall–Kier alpha value is -1.59. The molecule has 1 aromatic rings. The number of aryl methyl sites for hydroxylation is 2. The highest BCUT2D eigenvalue weighted by molar-refractivity contribution is 5.74. The van der Waals surface area contributed by atoms with Crippen LogP contribution < -0.4 is 5.32 Å². The lowest BCUT2D eigenvalue weighted by Gasteiger charge is -2.16. The van der Waals surface area contributed by atoms with Gasteiger partial charge in [0, 0.05) is 33.0 Å². The molecule has 0 aromatic carbocycles. The number of rotatable bonds is 5. The number of hydrogen-bond acceptors (Lipinski definition) is 4. The summed E-state index contributed by atoms with van der Waals surface area (Å²) >= 11 is 0. The molecule has 19 heavy (non-hydrogen) atoms. The molecule has 1 N–H and O–H groups in total. The van der Waals surface area contributed by atoms with Gasteiger partial charge in [0.1, 0.15) is 0 Å². The van der Waals surface area contributed by atoms with Gasteiger partial charge in [-0.3, -0.25) is 0 Å². The number of carbonyl (C=O) groups is 1. The second-order valence-corrected chi connectivity index (χ2v) is 5.10. The van der Waals surface area contributed by atoms with E-state index in [0.29, 0.717) is 11.8 Å². The fourth-order valence-electron chi connectivity index (χ4n) is 2.37. The van der Waals surface area contributed by atoms with Crippen molar-refractivity contribution in [1.82, 2.24) is 20.4 Å². The highest BCUT2D eigenvalue weighted by Gasteiger charge is 2.25. The molecule has 1 saturated heterocycles. The van der Waals surface area contributed by atoms with Crippen molar-refractivity contribution in [2.24, 2.45) is 5.92 Å². The molecule has 1 fully saturated rings. The van der Waals surface area contributed by atoms with Crippen molar-refractivity contribution in [2.45, 2.75) is 39.5 Å². The number of carbonyl (C=O) groups excluding carboxylic acids is 1. The number of nitrogens with zero attached hydrogens (tertiary/aromatic N) is 3. The van der Waals surface area contributed by atoms with Crippen molar-refractivity contribution in [2.75, 3.05) is 19.6 Å². The molecule has 1 unspecified atom stereocenters. The second-order valence-electron chi connectivity index (χ2n) is 5.10. The van der Waals surface area contributed by atoms with Gasteiger partial charge in [0.15, 0.2) is 5.82 Å². The first-order valence-corrected chi connectivity index (χ1v) is 7.01. The molecule has 6 nitrogen and oxygen atoms in total. The van der Waals surface area contributed by atoms with Crippen LogP contribution in [0.4, 0.5) is 4.79 Å². The average Bonchev–Trinajstić information content (AvgIpc) is 3.02. The van der Waals surface area contributed by atoms with Gasteiger partial charge in [0.2, 0.25) is 5.89 Å². The smallest absolute Gasteiger partial charge is 0.317 e. The lowest BCUT2D eigenvalue weighted by molar-refractivity contribution is 0.207. The molecular weight excluding hydrogens is 244 g/mol. The van der Waals surface area contributed by atoms with Crippen LogP contribution in [0.25, 0.3) is 0 Å². The topological polar surface area (TPSA) is 71.3 Å². The van der Waals surface area contributed by atoms with E-state index < -0.39 is 0 Å². The van der Waals surface area contributed by atoms with Gasteiger partial charge in [-0.05, 0) is 25.2 Å². The summed E-state index contributed by atoms with van der Waals surface area (Å²) in [5, 5.41) is 6.81. The van der Waals surface area contributed by atoms with Gasteiger partial charge in [0.05, 0.1) is 0 Å². The Balaban J connectivity index is 1.71. The zero-order valence-electron chi connectivity index (χ0n) is 11.7. The first-order valence-electron chi connectivity index (χ1n) is 7.01. The van der Waals surface area contributed by atoms with Gasteiger partial charge in [-0.1, -0.05) is 12.1 Å². The first kappa shape index (κ1) is 13.8. The highest BCUT2D eigenvalue weighted by Crippen LogP contribution is 2.21. The van der Waals surface area contributed by atoms with Gasteiger partial charge in [0.25, 0.3) is 0 Å². The quantitative estimate of drug-likeness (QED) is 0.881. The minimum atomic E-state index is 0.0692. The fourth-order valence-corrected chi connectivity index (χ4v) is 2.37. The van der Waals surface area contributed by atoms with Crippen LogP contribution >= 0.6 is 0 Å². The molecule has 0 aliphatic carbocycles. The Morgan fingerprint density at radius 2 is 2.42 bits per heavy atom. The number of hydrogen-bond donors (Lipinski definition) is 1. The SMILES string of the molecule is CCCNC(=O)N1CCC(CCc2noc(C)n2)C1. The van der Waals surface area contributed by atoms with E-state index in [9.17, 15) is 4.79 Å². The maximum atomic E-state index is 11.8. The summed E-state index contributed by atoms with van der Waals surface area (Å²) in [5.41, 5.74) is 0.